The normalized spacial score (nSPS) is 11.4. The molecule has 170 valence electrons. The first-order valence-corrected chi connectivity index (χ1v) is 10.9. The molecule has 3 aromatic rings. The molecular formula is C27H29FN4O. The number of allylic oxidation sites excluding steroid dienone is 3. The number of benzene rings is 2. The van der Waals surface area contributed by atoms with Crippen molar-refractivity contribution in [2.75, 3.05) is 19.0 Å². The third kappa shape index (κ3) is 5.34. The Bertz CT molecular complexity index is 1260. The predicted octanol–water partition coefficient (Wildman–Crippen LogP) is 6.61. The van der Waals surface area contributed by atoms with Crippen molar-refractivity contribution < 1.29 is 9.13 Å². The number of fused-ring (bicyclic) bond motifs is 1. The van der Waals surface area contributed by atoms with Gasteiger partial charge >= 0.3 is 0 Å². The molecule has 0 spiro atoms. The molecule has 2 aromatic carbocycles. The van der Waals surface area contributed by atoms with Crippen molar-refractivity contribution in [3.05, 3.63) is 78.4 Å². The van der Waals surface area contributed by atoms with Crippen LogP contribution in [0.4, 0.5) is 10.2 Å². The Balaban J connectivity index is 2.17. The molecule has 1 N–H and O–H groups in total. The van der Waals surface area contributed by atoms with Gasteiger partial charge in [-0.1, -0.05) is 49.9 Å². The number of nitrogens with one attached hydrogen (secondary N) is 1. The lowest BCUT2D eigenvalue weighted by atomic mass is 9.99. The Kier molecular flexibility index (Phi) is 7.72. The summed E-state index contributed by atoms with van der Waals surface area (Å²) in [7, 11) is 1.78. The Morgan fingerprint density at radius 3 is 2.67 bits per heavy atom. The molecule has 0 saturated carbocycles. The summed E-state index contributed by atoms with van der Waals surface area (Å²) in [6.45, 7) is 14.0. The molecule has 0 bridgehead atoms. The fourth-order valence-electron chi connectivity index (χ4n) is 3.42. The summed E-state index contributed by atoms with van der Waals surface area (Å²) >= 11 is 0. The van der Waals surface area contributed by atoms with Crippen molar-refractivity contribution in [1.82, 2.24) is 9.97 Å². The monoisotopic (exact) mass is 444 g/mol. The first-order valence-electron chi connectivity index (χ1n) is 10.9. The van der Waals surface area contributed by atoms with E-state index in [0.29, 0.717) is 58.3 Å². The first-order chi connectivity index (χ1) is 15.9. The van der Waals surface area contributed by atoms with E-state index < -0.39 is 0 Å². The molecule has 0 aliphatic heterocycles. The average Bonchev–Trinajstić information content (AvgIpc) is 2.81. The number of aryl methyl sites for hydroxylation is 1. The summed E-state index contributed by atoms with van der Waals surface area (Å²) in [6, 6.07) is 9.14. The number of ether oxygens (including phenoxy) is 1. The van der Waals surface area contributed by atoms with E-state index in [0.717, 1.165) is 11.0 Å². The second kappa shape index (κ2) is 10.7. The van der Waals surface area contributed by atoms with Crippen LogP contribution in [0, 0.1) is 5.82 Å². The van der Waals surface area contributed by atoms with Crippen molar-refractivity contribution >= 4 is 28.6 Å². The largest absolute Gasteiger partial charge is 0.492 e. The van der Waals surface area contributed by atoms with Crippen LogP contribution in [0.1, 0.15) is 32.2 Å². The Hall–Kier alpha value is -3.80. The fourth-order valence-corrected chi connectivity index (χ4v) is 3.42. The number of anilines is 1. The van der Waals surface area contributed by atoms with Gasteiger partial charge in [0.15, 0.2) is 5.82 Å². The molecular weight excluding hydrogens is 415 g/mol. The lowest BCUT2D eigenvalue weighted by Gasteiger charge is -2.15. The predicted molar refractivity (Wildman–Crippen MR) is 137 cm³/mol. The zero-order valence-corrected chi connectivity index (χ0v) is 19.6. The van der Waals surface area contributed by atoms with Crippen LogP contribution in [-0.4, -0.2) is 29.8 Å². The summed E-state index contributed by atoms with van der Waals surface area (Å²) < 4.78 is 21.0. The van der Waals surface area contributed by atoms with Crippen molar-refractivity contribution in [2.45, 2.75) is 27.2 Å². The minimum Gasteiger partial charge on any atom is -0.492 e. The SMILES string of the molecule is C=C(C)C=CC=NC(=C)c1nc(NC)c2cc(-c3cccc(CC)c3F)cc(OCC)c2n1. The highest BCUT2D eigenvalue weighted by molar-refractivity contribution is 5.97. The minimum atomic E-state index is -0.226. The van der Waals surface area contributed by atoms with Gasteiger partial charge in [-0.2, -0.15) is 0 Å². The van der Waals surface area contributed by atoms with Crippen LogP contribution in [-0.2, 0) is 6.42 Å². The average molecular weight is 445 g/mol. The molecule has 0 radical (unpaired) electrons. The molecule has 33 heavy (non-hydrogen) atoms. The number of hydrogen-bond acceptors (Lipinski definition) is 5. The Labute approximate surface area is 194 Å². The summed E-state index contributed by atoms with van der Waals surface area (Å²) in [5, 5.41) is 3.84. The van der Waals surface area contributed by atoms with Crippen LogP contribution >= 0.6 is 0 Å². The number of rotatable bonds is 9. The molecule has 0 amide bonds. The van der Waals surface area contributed by atoms with Gasteiger partial charge < -0.3 is 10.1 Å². The van der Waals surface area contributed by atoms with Crippen molar-refractivity contribution in [3.63, 3.8) is 0 Å². The highest BCUT2D eigenvalue weighted by Crippen LogP contribution is 2.36. The number of nitrogens with zero attached hydrogens (tertiary/aromatic N) is 3. The van der Waals surface area contributed by atoms with E-state index in [1.54, 1.807) is 31.5 Å². The molecule has 1 aromatic heterocycles. The minimum absolute atomic E-state index is 0.226. The van der Waals surface area contributed by atoms with Gasteiger partial charge in [0, 0.05) is 24.2 Å². The molecule has 0 fully saturated rings. The van der Waals surface area contributed by atoms with E-state index in [1.807, 2.05) is 45.0 Å². The van der Waals surface area contributed by atoms with Crippen LogP contribution < -0.4 is 10.1 Å². The lowest BCUT2D eigenvalue weighted by molar-refractivity contribution is 0.343. The molecule has 6 heteroatoms. The van der Waals surface area contributed by atoms with Crippen LogP contribution in [0.3, 0.4) is 0 Å². The van der Waals surface area contributed by atoms with Crippen LogP contribution in [0.5, 0.6) is 5.75 Å². The zero-order chi connectivity index (χ0) is 24.0. The number of aromatic nitrogens is 2. The number of halogens is 1. The quantitative estimate of drug-likeness (QED) is 0.298. The maximum Gasteiger partial charge on any atom is 0.180 e. The Morgan fingerprint density at radius 1 is 1.21 bits per heavy atom. The molecule has 5 nitrogen and oxygen atoms in total. The fraction of sp³-hybridized carbons (Fsp3) is 0.222. The number of aliphatic imine (C=N–C) groups is 1. The maximum atomic E-state index is 15.1. The lowest BCUT2D eigenvalue weighted by Crippen LogP contribution is -2.03. The molecule has 3 rings (SSSR count). The maximum absolute atomic E-state index is 15.1. The third-order valence-corrected chi connectivity index (χ3v) is 5.03. The summed E-state index contributed by atoms with van der Waals surface area (Å²) in [5.41, 5.74) is 3.82. The second-order valence-corrected chi connectivity index (χ2v) is 7.51. The molecule has 0 saturated heterocycles. The van der Waals surface area contributed by atoms with E-state index >= 15 is 4.39 Å². The highest BCUT2D eigenvalue weighted by atomic mass is 19.1. The van der Waals surface area contributed by atoms with E-state index in [1.165, 1.54) is 0 Å². The van der Waals surface area contributed by atoms with Gasteiger partial charge in [-0.25, -0.2) is 14.4 Å². The molecule has 0 atom stereocenters. The van der Waals surface area contributed by atoms with Crippen molar-refractivity contribution in [3.8, 4) is 16.9 Å². The van der Waals surface area contributed by atoms with E-state index in [2.05, 4.69) is 33.4 Å². The molecule has 0 unspecified atom stereocenters. The van der Waals surface area contributed by atoms with Gasteiger partial charge in [0.1, 0.15) is 28.6 Å². The van der Waals surface area contributed by atoms with Gasteiger partial charge in [-0.3, -0.25) is 4.99 Å². The molecule has 0 aliphatic rings. The molecule has 1 heterocycles. The highest BCUT2D eigenvalue weighted by Gasteiger charge is 2.17. The van der Waals surface area contributed by atoms with Crippen LogP contribution in [0.2, 0.25) is 0 Å². The topological polar surface area (TPSA) is 59.4 Å². The van der Waals surface area contributed by atoms with Gasteiger partial charge in [-0.05, 0) is 49.6 Å². The van der Waals surface area contributed by atoms with Gasteiger partial charge in [-0.15, -0.1) is 0 Å². The van der Waals surface area contributed by atoms with E-state index in [-0.39, 0.29) is 5.82 Å². The number of hydrogen-bond donors (Lipinski definition) is 1. The zero-order valence-electron chi connectivity index (χ0n) is 19.6. The van der Waals surface area contributed by atoms with Crippen LogP contribution in [0.15, 0.2) is 66.2 Å². The molecule has 0 aliphatic carbocycles. The summed E-state index contributed by atoms with van der Waals surface area (Å²) in [6.07, 6.45) is 5.87. The third-order valence-electron chi connectivity index (χ3n) is 5.03. The smallest absolute Gasteiger partial charge is 0.180 e. The van der Waals surface area contributed by atoms with E-state index in [9.17, 15) is 0 Å². The summed E-state index contributed by atoms with van der Waals surface area (Å²) in [5.74, 6) is 1.28. The van der Waals surface area contributed by atoms with Crippen molar-refractivity contribution in [2.24, 2.45) is 4.99 Å². The second-order valence-electron chi connectivity index (χ2n) is 7.51. The van der Waals surface area contributed by atoms with Gasteiger partial charge in [0.2, 0.25) is 0 Å². The summed E-state index contributed by atoms with van der Waals surface area (Å²) in [4.78, 5) is 13.6. The van der Waals surface area contributed by atoms with E-state index in [4.69, 9.17) is 4.74 Å². The van der Waals surface area contributed by atoms with Gasteiger partial charge in [0.25, 0.3) is 0 Å². The standard InChI is InChI=1S/C27H29FN4O/c1-7-19-12-9-13-21(24(19)28)20-15-22-25(23(16-20)33-8-2)31-26(32-27(22)29-6)18(5)30-14-10-11-17(3)4/h9-16H,3,5,7-8H2,1-2,4,6H3,(H,29,31,32). The van der Waals surface area contributed by atoms with Gasteiger partial charge in [0.05, 0.1) is 6.61 Å². The first kappa shape index (κ1) is 23.9. The van der Waals surface area contributed by atoms with Crippen molar-refractivity contribution in [1.29, 1.82) is 0 Å². The van der Waals surface area contributed by atoms with Crippen LogP contribution in [0.25, 0.3) is 27.7 Å². The Morgan fingerprint density at radius 2 is 2.00 bits per heavy atom.